The van der Waals surface area contributed by atoms with Gasteiger partial charge in [0.15, 0.2) is 0 Å². The molecule has 2 unspecified atom stereocenters. The zero-order valence-electron chi connectivity index (χ0n) is 10.7. The van der Waals surface area contributed by atoms with Gasteiger partial charge in [0.1, 0.15) is 6.10 Å². The van der Waals surface area contributed by atoms with E-state index in [0.717, 1.165) is 30.8 Å². The van der Waals surface area contributed by atoms with Gasteiger partial charge in [-0.3, -0.25) is 0 Å². The van der Waals surface area contributed by atoms with Gasteiger partial charge in [-0.25, -0.2) is 0 Å². The van der Waals surface area contributed by atoms with Crippen molar-refractivity contribution in [1.82, 2.24) is 5.32 Å². The zero-order valence-corrected chi connectivity index (χ0v) is 11.5. The normalized spacial score (nSPS) is 20.4. The summed E-state index contributed by atoms with van der Waals surface area (Å²) in [4.78, 5) is 0. The first-order valence-electron chi connectivity index (χ1n) is 6.52. The molecule has 1 aromatic rings. The fraction of sp³-hybridized carbons (Fsp3) is 0.467. The van der Waals surface area contributed by atoms with Gasteiger partial charge >= 0.3 is 0 Å². The standard InChI is InChI=1S/C15H20ClNO/c1-12(10-13-5-7-14(16)8-6-13)17-11-15-4-2-3-9-18-15/h3,5-9,12,15,17H,2,4,10-11H2,1H3. The first-order chi connectivity index (χ1) is 8.74. The van der Waals surface area contributed by atoms with Crippen molar-refractivity contribution in [1.29, 1.82) is 0 Å². The monoisotopic (exact) mass is 265 g/mol. The van der Waals surface area contributed by atoms with Crippen LogP contribution in [0, 0.1) is 0 Å². The van der Waals surface area contributed by atoms with Crippen LogP contribution in [0.5, 0.6) is 0 Å². The predicted octanol–water partition coefficient (Wildman–Crippen LogP) is 3.55. The van der Waals surface area contributed by atoms with Crippen molar-refractivity contribution in [3.8, 4) is 0 Å². The van der Waals surface area contributed by atoms with Crippen molar-refractivity contribution in [3.05, 3.63) is 47.2 Å². The summed E-state index contributed by atoms with van der Waals surface area (Å²) in [5.74, 6) is 0. The number of rotatable bonds is 5. The lowest BCUT2D eigenvalue weighted by atomic mass is 10.1. The number of halogens is 1. The second kappa shape index (κ2) is 6.81. The first kappa shape index (κ1) is 13.4. The zero-order chi connectivity index (χ0) is 12.8. The van der Waals surface area contributed by atoms with Crippen LogP contribution in [0.3, 0.4) is 0 Å². The lowest BCUT2D eigenvalue weighted by molar-refractivity contribution is 0.120. The van der Waals surface area contributed by atoms with E-state index < -0.39 is 0 Å². The van der Waals surface area contributed by atoms with Gasteiger partial charge in [0.2, 0.25) is 0 Å². The Hall–Kier alpha value is -0.990. The van der Waals surface area contributed by atoms with E-state index in [1.165, 1.54) is 5.56 Å². The predicted molar refractivity (Wildman–Crippen MR) is 75.9 cm³/mol. The Morgan fingerprint density at radius 2 is 2.17 bits per heavy atom. The fourth-order valence-corrected chi connectivity index (χ4v) is 2.24. The smallest absolute Gasteiger partial charge is 0.110 e. The fourth-order valence-electron chi connectivity index (χ4n) is 2.11. The number of hydrogen-bond donors (Lipinski definition) is 1. The molecule has 18 heavy (non-hydrogen) atoms. The third-order valence-electron chi connectivity index (χ3n) is 3.17. The molecule has 1 aromatic carbocycles. The van der Waals surface area contributed by atoms with Crippen molar-refractivity contribution in [2.24, 2.45) is 0 Å². The molecular formula is C15H20ClNO. The molecule has 1 aliphatic heterocycles. The molecule has 1 aliphatic rings. The van der Waals surface area contributed by atoms with Crippen LogP contribution in [0.2, 0.25) is 5.02 Å². The van der Waals surface area contributed by atoms with Gasteiger partial charge < -0.3 is 10.1 Å². The molecule has 2 atom stereocenters. The SMILES string of the molecule is CC(Cc1ccc(Cl)cc1)NCC1CCC=CO1. The third kappa shape index (κ3) is 4.35. The number of hydrogen-bond acceptors (Lipinski definition) is 2. The maximum absolute atomic E-state index is 5.87. The molecule has 0 fully saturated rings. The minimum Gasteiger partial charge on any atom is -0.497 e. The van der Waals surface area contributed by atoms with Gasteiger partial charge in [-0.15, -0.1) is 0 Å². The summed E-state index contributed by atoms with van der Waals surface area (Å²) in [6.45, 7) is 3.12. The number of nitrogens with one attached hydrogen (secondary N) is 1. The Balaban J connectivity index is 1.73. The van der Waals surface area contributed by atoms with E-state index in [4.69, 9.17) is 16.3 Å². The summed E-state index contributed by atoms with van der Waals surface area (Å²) in [5, 5.41) is 4.32. The first-order valence-corrected chi connectivity index (χ1v) is 6.90. The Morgan fingerprint density at radius 1 is 1.39 bits per heavy atom. The Bertz CT molecular complexity index is 388. The number of ether oxygens (including phenoxy) is 1. The summed E-state index contributed by atoms with van der Waals surface area (Å²) in [7, 11) is 0. The Morgan fingerprint density at radius 3 is 2.83 bits per heavy atom. The minimum absolute atomic E-state index is 0.322. The molecule has 0 aliphatic carbocycles. The molecular weight excluding hydrogens is 246 g/mol. The van der Waals surface area contributed by atoms with E-state index >= 15 is 0 Å². The van der Waals surface area contributed by atoms with Crippen LogP contribution < -0.4 is 5.32 Å². The van der Waals surface area contributed by atoms with Gasteiger partial charge in [-0.1, -0.05) is 23.7 Å². The summed E-state index contributed by atoms with van der Waals surface area (Å²) < 4.78 is 5.53. The summed E-state index contributed by atoms with van der Waals surface area (Å²) >= 11 is 5.87. The van der Waals surface area contributed by atoms with Gasteiger partial charge in [0.25, 0.3) is 0 Å². The molecule has 3 heteroatoms. The number of benzene rings is 1. The second-order valence-electron chi connectivity index (χ2n) is 4.85. The molecule has 0 radical (unpaired) electrons. The van der Waals surface area contributed by atoms with Crippen molar-refractivity contribution < 1.29 is 4.74 Å². The maximum atomic E-state index is 5.87. The molecule has 1 heterocycles. The van der Waals surface area contributed by atoms with Crippen LogP contribution in [-0.2, 0) is 11.2 Å². The van der Waals surface area contributed by atoms with Gasteiger partial charge in [-0.2, -0.15) is 0 Å². The highest BCUT2D eigenvalue weighted by Gasteiger charge is 2.12. The summed E-state index contributed by atoms with van der Waals surface area (Å²) in [5.41, 5.74) is 1.31. The molecule has 1 N–H and O–H groups in total. The van der Waals surface area contributed by atoms with Crippen LogP contribution in [0.15, 0.2) is 36.6 Å². The van der Waals surface area contributed by atoms with Gasteiger partial charge in [0.05, 0.1) is 6.26 Å². The highest BCUT2D eigenvalue weighted by Crippen LogP contribution is 2.12. The van der Waals surface area contributed by atoms with Crippen LogP contribution >= 0.6 is 11.6 Å². The summed E-state index contributed by atoms with van der Waals surface area (Å²) in [6, 6.07) is 8.50. The minimum atomic E-state index is 0.322. The second-order valence-corrected chi connectivity index (χ2v) is 5.28. The molecule has 2 rings (SSSR count). The lowest BCUT2D eigenvalue weighted by Crippen LogP contribution is -2.36. The van der Waals surface area contributed by atoms with Crippen LogP contribution in [0.4, 0.5) is 0 Å². The average Bonchev–Trinajstić information content (AvgIpc) is 2.40. The Labute approximate surface area is 114 Å². The van der Waals surface area contributed by atoms with E-state index in [-0.39, 0.29) is 0 Å². The van der Waals surface area contributed by atoms with Crippen molar-refractivity contribution in [3.63, 3.8) is 0 Å². The number of allylic oxidation sites excluding steroid dienone is 1. The molecule has 2 nitrogen and oxygen atoms in total. The average molecular weight is 266 g/mol. The third-order valence-corrected chi connectivity index (χ3v) is 3.42. The van der Waals surface area contributed by atoms with Crippen LogP contribution in [0.25, 0.3) is 0 Å². The molecule has 0 aromatic heterocycles. The van der Waals surface area contributed by atoms with Crippen molar-refractivity contribution in [2.75, 3.05) is 6.54 Å². The van der Waals surface area contributed by atoms with Crippen LogP contribution in [-0.4, -0.2) is 18.7 Å². The molecule has 0 saturated carbocycles. The highest BCUT2D eigenvalue weighted by atomic mass is 35.5. The van der Waals surface area contributed by atoms with E-state index in [1.807, 2.05) is 18.4 Å². The molecule has 0 bridgehead atoms. The van der Waals surface area contributed by atoms with E-state index in [2.05, 4.69) is 30.4 Å². The largest absolute Gasteiger partial charge is 0.497 e. The van der Waals surface area contributed by atoms with Crippen molar-refractivity contribution >= 4 is 11.6 Å². The quantitative estimate of drug-likeness (QED) is 0.879. The van der Waals surface area contributed by atoms with Gasteiger partial charge in [0, 0.05) is 17.6 Å². The van der Waals surface area contributed by atoms with E-state index in [1.54, 1.807) is 0 Å². The molecule has 0 amide bonds. The highest BCUT2D eigenvalue weighted by molar-refractivity contribution is 6.30. The Kier molecular flexibility index (Phi) is 5.09. The molecule has 0 saturated heterocycles. The van der Waals surface area contributed by atoms with Gasteiger partial charge in [-0.05, 0) is 50.0 Å². The summed E-state index contributed by atoms with van der Waals surface area (Å²) in [6.07, 6.45) is 7.46. The lowest BCUT2D eigenvalue weighted by Gasteiger charge is -2.22. The topological polar surface area (TPSA) is 21.3 Å². The van der Waals surface area contributed by atoms with Crippen molar-refractivity contribution in [2.45, 2.75) is 38.3 Å². The molecule has 0 spiro atoms. The van der Waals surface area contributed by atoms with E-state index in [0.29, 0.717) is 12.1 Å². The molecule has 98 valence electrons. The maximum Gasteiger partial charge on any atom is 0.110 e. The van der Waals surface area contributed by atoms with Crippen LogP contribution in [0.1, 0.15) is 25.3 Å². The van der Waals surface area contributed by atoms with E-state index in [9.17, 15) is 0 Å².